The Morgan fingerprint density at radius 2 is 2.16 bits per heavy atom. The Bertz CT molecular complexity index is 1770. The van der Waals surface area contributed by atoms with Crippen molar-refractivity contribution in [2.45, 2.75) is 32.7 Å². The van der Waals surface area contributed by atoms with Gasteiger partial charge >= 0.3 is 5.97 Å². The molecule has 0 N–H and O–H groups in total. The molecule has 1 saturated heterocycles. The van der Waals surface area contributed by atoms with Gasteiger partial charge in [0.2, 0.25) is 0 Å². The zero-order valence-electron chi connectivity index (χ0n) is 24.1. The lowest BCUT2D eigenvalue weighted by atomic mass is 9.88. The van der Waals surface area contributed by atoms with Crippen molar-refractivity contribution in [3.63, 3.8) is 0 Å². The van der Waals surface area contributed by atoms with E-state index in [1.54, 1.807) is 17.9 Å². The van der Waals surface area contributed by atoms with Crippen LogP contribution >= 0.6 is 11.3 Å². The number of carbonyl (C=O) groups excluding carboxylic acids is 1. The van der Waals surface area contributed by atoms with Gasteiger partial charge in [0.15, 0.2) is 0 Å². The second kappa shape index (κ2) is 9.55. The molecule has 1 fully saturated rings. The number of fused-ring (bicyclic) bond motifs is 3. The van der Waals surface area contributed by atoms with Crippen LogP contribution in [0.3, 0.4) is 0 Å². The maximum atomic E-state index is 15.6. The SMILES string of the molecule is [2H]C([2H])([2H])c1c(C(=O)OC)sc2c3ncc(-c4c(C)nnn4C)cc3n(C(c3ncccc3F)C3CCOCC3)c12. The summed E-state index contributed by atoms with van der Waals surface area (Å²) in [4.78, 5) is 22.1. The summed E-state index contributed by atoms with van der Waals surface area (Å²) in [6.07, 6.45) is 4.42. The predicted molar refractivity (Wildman–Crippen MR) is 142 cm³/mol. The van der Waals surface area contributed by atoms with E-state index in [0.29, 0.717) is 58.6 Å². The van der Waals surface area contributed by atoms with Crippen LogP contribution in [0, 0.1) is 25.5 Å². The van der Waals surface area contributed by atoms with Crippen molar-refractivity contribution in [2.24, 2.45) is 13.0 Å². The van der Waals surface area contributed by atoms with E-state index < -0.39 is 24.7 Å². The first-order valence-corrected chi connectivity index (χ1v) is 13.0. The van der Waals surface area contributed by atoms with Crippen molar-refractivity contribution in [2.75, 3.05) is 20.3 Å². The number of halogens is 1. The Hall–Kier alpha value is -3.70. The third kappa shape index (κ3) is 3.80. The van der Waals surface area contributed by atoms with E-state index in [1.165, 1.54) is 25.4 Å². The highest BCUT2D eigenvalue weighted by Crippen LogP contribution is 2.45. The lowest BCUT2D eigenvalue weighted by Gasteiger charge is -2.32. The van der Waals surface area contributed by atoms with Crippen LogP contribution in [0.4, 0.5) is 4.39 Å². The zero-order chi connectivity index (χ0) is 29.1. The molecule has 11 heteroatoms. The Morgan fingerprint density at radius 1 is 1.34 bits per heavy atom. The highest BCUT2D eigenvalue weighted by atomic mass is 32.1. The number of thiophene rings is 1. The van der Waals surface area contributed by atoms with E-state index in [0.717, 1.165) is 17.0 Å². The van der Waals surface area contributed by atoms with Crippen molar-refractivity contribution >= 4 is 38.6 Å². The summed E-state index contributed by atoms with van der Waals surface area (Å²) >= 11 is 1.02. The molecule has 0 spiro atoms. The molecule has 0 aliphatic carbocycles. The standard InChI is InChI=1S/C27H27FN6O3S/c1-14-22-26(38-25(14)27(35)36-4)21-19(12-17(13-30-21)23-15(2)31-32-33(23)3)34(22)24(16-7-10-37-11-8-16)20-18(28)6-5-9-29-20/h5-6,9,12-13,16,24H,7-8,10-11H2,1-4H3/i1D3. The molecule has 9 nitrogen and oxygen atoms in total. The van der Waals surface area contributed by atoms with Gasteiger partial charge in [-0.25, -0.2) is 13.9 Å². The summed E-state index contributed by atoms with van der Waals surface area (Å²) in [5.41, 5.74) is 3.58. The summed E-state index contributed by atoms with van der Waals surface area (Å²) in [7, 11) is 2.99. The summed E-state index contributed by atoms with van der Waals surface area (Å²) in [5, 5.41) is 8.28. The Labute approximate surface area is 226 Å². The van der Waals surface area contributed by atoms with Crippen LogP contribution in [0.2, 0.25) is 0 Å². The van der Waals surface area contributed by atoms with Crippen LogP contribution < -0.4 is 0 Å². The Morgan fingerprint density at radius 3 is 2.84 bits per heavy atom. The van der Waals surface area contributed by atoms with Crippen LogP contribution in [-0.4, -0.2) is 55.8 Å². The van der Waals surface area contributed by atoms with Gasteiger partial charge in [-0.1, -0.05) is 5.21 Å². The number of esters is 1. The number of carbonyl (C=O) groups is 1. The summed E-state index contributed by atoms with van der Waals surface area (Å²) in [6.45, 7) is 0.116. The number of pyridine rings is 2. The first-order chi connectivity index (χ1) is 19.6. The predicted octanol–water partition coefficient (Wildman–Crippen LogP) is 5.00. The molecule has 6 rings (SSSR count). The fraction of sp³-hybridized carbons (Fsp3) is 0.370. The minimum absolute atomic E-state index is 0.0297. The average molecular weight is 538 g/mol. The molecule has 1 aliphatic rings. The van der Waals surface area contributed by atoms with Gasteiger partial charge in [0.1, 0.15) is 16.2 Å². The van der Waals surface area contributed by atoms with Crippen LogP contribution in [0.1, 0.15) is 49.6 Å². The van der Waals surface area contributed by atoms with Gasteiger partial charge in [-0.15, -0.1) is 16.4 Å². The molecule has 0 radical (unpaired) electrons. The van der Waals surface area contributed by atoms with Gasteiger partial charge in [-0.3, -0.25) is 9.97 Å². The lowest BCUT2D eigenvalue weighted by molar-refractivity contribution is 0.0543. The zero-order valence-corrected chi connectivity index (χ0v) is 21.9. The van der Waals surface area contributed by atoms with Crippen LogP contribution in [0.25, 0.3) is 32.5 Å². The molecule has 1 aliphatic heterocycles. The molecule has 5 aromatic heterocycles. The highest BCUT2D eigenvalue weighted by Gasteiger charge is 2.35. The molecule has 6 heterocycles. The number of hydrogen-bond donors (Lipinski definition) is 0. The van der Waals surface area contributed by atoms with Crippen molar-refractivity contribution in [3.05, 3.63) is 58.2 Å². The molecule has 0 bridgehead atoms. The van der Waals surface area contributed by atoms with E-state index in [4.69, 9.17) is 18.6 Å². The quantitative estimate of drug-likeness (QED) is 0.291. The number of aryl methyl sites for hydroxylation is 3. The van der Waals surface area contributed by atoms with Gasteiger partial charge in [0.25, 0.3) is 0 Å². The normalized spacial score (nSPS) is 16.9. The lowest BCUT2D eigenvalue weighted by Crippen LogP contribution is -2.28. The third-order valence-electron chi connectivity index (χ3n) is 7.16. The Balaban J connectivity index is 1.78. The second-order valence-corrected chi connectivity index (χ2v) is 10.4. The monoisotopic (exact) mass is 537 g/mol. The first kappa shape index (κ1) is 21.3. The molecule has 0 saturated carbocycles. The number of nitrogens with zero attached hydrogens (tertiary/aromatic N) is 6. The number of rotatable bonds is 5. The fourth-order valence-electron chi connectivity index (χ4n) is 5.46. The molecule has 1 atom stereocenters. The van der Waals surface area contributed by atoms with Gasteiger partial charge in [-0.2, -0.15) is 0 Å². The van der Waals surface area contributed by atoms with Crippen molar-refractivity contribution < 1.29 is 22.8 Å². The fourth-order valence-corrected chi connectivity index (χ4v) is 6.58. The van der Waals surface area contributed by atoms with Crippen LogP contribution in [-0.2, 0) is 16.5 Å². The van der Waals surface area contributed by atoms with Gasteiger partial charge in [0.05, 0.1) is 46.0 Å². The third-order valence-corrected chi connectivity index (χ3v) is 8.33. The number of aromatic nitrogens is 6. The number of ether oxygens (including phenoxy) is 2. The van der Waals surface area contributed by atoms with Crippen LogP contribution in [0.5, 0.6) is 0 Å². The second-order valence-electron chi connectivity index (χ2n) is 9.35. The van der Waals surface area contributed by atoms with E-state index in [2.05, 4.69) is 15.3 Å². The molecule has 0 amide bonds. The molecule has 0 aromatic carbocycles. The minimum atomic E-state index is -2.68. The summed E-state index contributed by atoms with van der Waals surface area (Å²) < 4.78 is 55.6. The summed E-state index contributed by atoms with van der Waals surface area (Å²) in [6, 6.07) is 4.07. The highest BCUT2D eigenvalue weighted by molar-refractivity contribution is 7.22. The van der Waals surface area contributed by atoms with Gasteiger partial charge in [-0.05, 0) is 56.3 Å². The van der Waals surface area contributed by atoms with Crippen LogP contribution in [0.15, 0.2) is 30.6 Å². The van der Waals surface area contributed by atoms with Crippen molar-refractivity contribution in [1.82, 2.24) is 29.5 Å². The molecule has 38 heavy (non-hydrogen) atoms. The molecule has 196 valence electrons. The summed E-state index contributed by atoms with van der Waals surface area (Å²) in [5.74, 6) is -1.40. The van der Waals surface area contributed by atoms with Crippen molar-refractivity contribution in [3.8, 4) is 11.3 Å². The average Bonchev–Trinajstić information content (AvgIpc) is 3.60. The van der Waals surface area contributed by atoms with Crippen molar-refractivity contribution in [1.29, 1.82) is 0 Å². The van der Waals surface area contributed by atoms with Gasteiger partial charge in [0, 0.05) is 42.3 Å². The Kier molecular flexibility index (Phi) is 5.34. The topological polar surface area (TPSA) is 97.0 Å². The number of hydrogen-bond acceptors (Lipinski definition) is 8. The number of methoxy groups -OCH3 is 1. The molecular formula is C27H27FN6O3S. The smallest absolute Gasteiger partial charge is 0.348 e. The molecule has 1 unspecified atom stereocenters. The maximum absolute atomic E-state index is 15.6. The maximum Gasteiger partial charge on any atom is 0.348 e. The molecular weight excluding hydrogens is 507 g/mol. The van der Waals surface area contributed by atoms with Gasteiger partial charge < -0.3 is 14.0 Å². The minimum Gasteiger partial charge on any atom is -0.465 e. The largest absolute Gasteiger partial charge is 0.465 e. The van der Waals surface area contributed by atoms with E-state index >= 15 is 4.39 Å². The molecule has 5 aromatic rings. The van der Waals surface area contributed by atoms with E-state index in [9.17, 15) is 4.79 Å². The van der Waals surface area contributed by atoms with E-state index in [-0.39, 0.29) is 22.1 Å². The van der Waals surface area contributed by atoms with E-state index in [1.807, 2.05) is 17.6 Å². The first-order valence-electron chi connectivity index (χ1n) is 13.7.